The molecule has 0 spiro atoms. The summed E-state index contributed by atoms with van der Waals surface area (Å²) in [6.45, 7) is 0.105. The van der Waals surface area contributed by atoms with E-state index in [0.29, 0.717) is 16.5 Å². The van der Waals surface area contributed by atoms with Crippen molar-refractivity contribution in [2.45, 2.75) is 12.8 Å². The number of hydrogen-bond donors (Lipinski definition) is 1. The fourth-order valence-electron chi connectivity index (χ4n) is 2.21. The van der Waals surface area contributed by atoms with Crippen LogP contribution < -0.4 is 0 Å². The summed E-state index contributed by atoms with van der Waals surface area (Å²) in [6, 6.07) is 13.6. The first-order valence-corrected chi connectivity index (χ1v) is 7.93. The van der Waals surface area contributed by atoms with Crippen LogP contribution in [0, 0.1) is 5.92 Å². The van der Waals surface area contributed by atoms with Crippen molar-refractivity contribution >= 4 is 39.1 Å². The number of hydrogen-bond acceptors (Lipinski definition) is 1. The van der Waals surface area contributed by atoms with Crippen molar-refractivity contribution in [1.29, 1.82) is 0 Å². The van der Waals surface area contributed by atoms with E-state index in [1.54, 1.807) is 0 Å². The zero-order valence-electron chi connectivity index (χ0n) is 10.8. The van der Waals surface area contributed by atoms with Gasteiger partial charge in [-0.25, -0.2) is 0 Å². The minimum Gasteiger partial charge on any atom is -0.396 e. The molecule has 20 heavy (non-hydrogen) atoms. The molecule has 1 atom stereocenters. The smallest absolute Gasteiger partial charge is 0.0465 e. The van der Waals surface area contributed by atoms with Gasteiger partial charge in [0.25, 0.3) is 0 Å². The molecule has 0 heterocycles. The maximum absolute atomic E-state index is 9.60. The first kappa shape index (κ1) is 15.8. The van der Waals surface area contributed by atoms with Crippen LogP contribution in [0.3, 0.4) is 0 Å². The molecule has 2 rings (SSSR count). The molecule has 1 unspecified atom stereocenters. The van der Waals surface area contributed by atoms with Crippen molar-refractivity contribution in [1.82, 2.24) is 0 Å². The lowest BCUT2D eigenvalue weighted by molar-refractivity contribution is 0.225. The van der Waals surface area contributed by atoms with Crippen molar-refractivity contribution in [3.05, 3.63) is 68.1 Å². The highest BCUT2D eigenvalue weighted by Gasteiger charge is 2.14. The van der Waals surface area contributed by atoms with E-state index in [0.717, 1.165) is 16.5 Å². The molecule has 1 N–H and O–H groups in total. The first-order chi connectivity index (χ1) is 9.60. The van der Waals surface area contributed by atoms with Gasteiger partial charge in [0.1, 0.15) is 0 Å². The highest BCUT2D eigenvalue weighted by atomic mass is 79.9. The molecule has 106 valence electrons. The normalized spacial score (nSPS) is 12.4. The summed E-state index contributed by atoms with van der Waals surface area (Å²) in [5.41, 5.74) is 2.09. The molecule has 0 saturated carbocycles. The number of aliphatic hydroxyl groups excluding tert-OH is 1. The van der Waals surface area contributed by atoms with E-state index in [-0.39, 0.29) is 12.5 Å². The summed E-state index contributed by atoms with van der Waals surface area (Å²) in [5, 5.41) is 10.9. The van der Waals surface area contributed by atoms with Crippen LogP contribution in [0.25, 0.3) is 0 Å². The van der Waals surface area contributed by atoms with Gasteiger partial charge in [-0.05, 0) is 54.2 Å². The van der Waals surface area contributed by atoms with E-state index in [1.165, 1.54) is 5.56 Å². The largest absolute Gasteiger partial charge is 0.396 e. The number of halogens is 3. The molecule has 2 aromatic carbocycles. The van der Waals surface area contributed by atoms with E-state index < -0.39 is 0 Å². The van der Waals surface area contributed by atoms with Crippen LogP contribution in [0.15, 0.2) is 46.9 Å². The van der Waals surface area contributed by atoms with Crippen molar-refractivity contribution in [2.75, 3.05) is 6.61 Å². The minimum absolute atomic E-state index is 0.0988. The summed E-state index contributed by atoms with van der Waals surface area (Å²) in [6.07, 6.45) is 1.46. The van der Waals surface area contributed by atoms with Crippen molar-refractivity contribution in [3.8, 4) is 0 Å². The highest BCUT2D eigenvalue weighted by Crippen LogP contribution is 2.28. The molecule has 0 amide bonds. The van der Waals surface area contributed by atoms with Crippen LogP contribution in [0.2, 0.25) is 10.0 Å². The summed E-state index contributed by atoms with van der Waals surface area (Å²) in [5.74, 6) is 0.0988. The van der Waals surface area contributed by atoms with Gasteiger partial charge in [0, 0.05) is 21.1 Å². The van der Waals surface area contributed by atoms with Gasteiger partial charge in [0.15, 0.2) is 0 Å². The molecule has 0 saturated heterocycles. The maximum Gasteiger partial charge on any atom is 0.0465 e. The standard InChI is InChI=1S/C16H15BrCl2O/c17-13-4-1-3-11(8-13)7-12(10-20)9-14-15(18)5-2-6-16(14)19/h1-6,8,12,20H,7,9-10H2. The topological polar surface area (TPSA) is 20.2 Å². The lowest BCUT2D eigenvalue weighted by atomic mass is 9.93. The minimum atomic E-state index is 0.0988. The predicted octanol–water partition coefficient (Wildman–Crippen LogP) is 5.15. The molecule has 0 aliphatic rings. The summed E-state index contributed by atoms with van der Waals surface area (Å²) in [4.78, 5) is 0. The molecule has 0 fully saturated rings. The van der Waals surface area contributed by atoms with Crippen LogP contribution in [0.1, 0.15) is 11.1 Å². The van der Waals surface area contributed by atoms with E-state index >= 15 is 0 Å². The Bertz CT molecular complexity index is 566. The van der Waals surface area contributed by atoms with Gasteiger partial charge in [0.2, 0.25) is 0 Å². The van der Waals surface area contributed by atoms with Gasteiger partial charge in [-0.1, -0.05) is 57.3 Å². The Morgan fingerprint density at radius 2 is 1.65 bits per heavy atom. The second-order valence-electron chi connectivity index (χ2n) is 4.79. The third-order valence-electron chi connectivity index (χ3n) is 3.23. The van der Waals surface area contributed by atoms with Crippen molar-refractivity contribution in [3.63, 3.8) is 0 Å². The molecule has 1 nitrogen and oxygen atoms in total. The third kappa shape index (κ3) is 4.23. The summed E-state index contributed by atoms with van der Waals surface area (Å²) in [7, 11) is 0. The maximum atomic E-state index is 9.60. The first-order valence-electron chi connectivity index (χ1n) is 6.38. The van der Waals surface area contributed by atoms with Gasteiger partial charge >= 0.3 is 0 Å². The van der Waals surface area contributed by atoms with Crippen LogP contribution >= 0.6 is 39.1 Å². The molecule has 0 radical (unpaired) electrons. The average Bonchev–Trinajstić information content (AvgIpc) is 2.42. The SMILES string of the molecule is OCC(Cc1cccc(Br)c1)Cc1c(Cl)cccc1Cl. The molecular formula is C16H15BrCl2O. The Morgan fingerprint density at radius 1 is 1.00 bits per heavy atom. The predicted molar refractivity (Wildman–Crippen MR) is 88.6 cm³/mol. The van der Waals surface area contributed by atoms with Crippen LogP contribution in [0.4, 0.5) is 0 Å². The quantitative estimate of drug-likeness (QED) is 0.768. The van der Waals surface area contributed by atoms with Gasteiger partial charge in [-0.3, -0.25) is 0 Å². The third-order valence-corrected chi connectivity index (χ3v) is 4.43. The second-order valence-corrected chi connectivity index (χ2v) is 6.52. The number of aliphatic hydroxyl groups is 1. The molecule has 4 heteroatoms. The number of rotatable bonds is 5. The molecule has 0 aliphatic carbocycles. The number of benzene rings is 2. The van der Waals surface area contributed by atoms with Gasteiger partial charge < -0.3 is 5.11 Å². The van der Waals surface area contributed by atoms with Crippen LogP contribution in [-0.2, 0) is 12.8 Å². The summed E-state index contributed by atoms with van der Waals surface area (Å²) >= 11 is 15.8. The van der Waals surface area contributed by atoms with Crippen LogP contribution in [0.5, 0.6) is 0 Å². The van der Waals surface area contributed by atoms with E-state index in [2.05, 4.69) is 28.1 Å². The van der Waals surface area contributed by atoms with Gasteiger partial charge in [-0.15, -0.1) is 0 Å². The van der Waals surface area contributed by atoms with E-state index in [4.69, 9.17) is 23.2 Å². The van der Waals surface area contributed by atoms with Crippen LogP contribution in [-0.4, -0.2) is 11.7 Å². The molecule has 0 aromatic heterocycles. The van der Waals surface area contributed by atoms with Crippen molar-refractivity contribution in [2.24, 2.45) is 5.92 Å². The Kier molecular flexibility index (Phi) is 5.91. The van der Waals surface area contributed by atoms with Gasteiger partial charge in [0.05, 0.1) is 0 Å². The zero-order chi connectivity index (χ0) is 14.5. The molecule has 2 aromatic rings. The van der Waals surface area contributed by atoms with E-state index in [9.17, 15) is 5.11 Å². The second kappa shape index (κ2) is 7.46. The highest BCUT2D eigenvalue weighted by molar-refractivity contribution is 9.10. The van der Waals surface area contributed by atoms with Gasteiger partial charge in [-0.2, -0.15) is 0 Å². The Morgan fingerprint density at radius 3 is 2.25 bits per heavy atom. The van der Waals surface area contributed by atoms with E-state index in [1.807, 2.05) is 30.3 Å². The Hall–Kier alpha value is -0.540. The zero-order valence-corrected chi connectivity index (χ0v) is 13.9. The lowest BCUT2D eigenvalue weighted by Crippen LogP contribution is -2.13. The molecular weight excluding hydrogens is 359 g/mol. The Labute approximate surface area is 137 Å². The fraction of sp³-hybridized carbons (Fsp3) is 0.250. The Balaban J connectivity index is 2.13. The average molecular weight is 374 g/mol. The molecule has 0 bridgehead atoms. The molecule has 0 aliphatic heterocycles. The summed E-state index contributed by atoms with van der Waals surface area (Å²) < 4.78 is 1.04. The fourth-order valence-corrected chi connectivity index (χ4v) is 3.21. The van der Waals surface area contributed by atoms with Crippen molar-refractivity contribution < 1.29 is 5.11 Å². The monoisotopic (exact) mass is 372 g/mol. The lowest BCUT2D eigenvalue weighted by Gasteiger charge is -2.16.